The van der Waals surface area contributed by atoms with Crippen molar-refractivity contribution in [3.63, 3.8) is 0 Å². The monoisotopic (exact) mass is 342 g/mol. The molecule has 0 spiro atoms. The minimum atomic E-state index is -0.207. The third-order valence-corrected chi connectivity index (χ3v) is 3.92. The van der Waals surface area contributed by atoms with E-state index >= 15 is 0 Å². The van der Waals surface area contributed by atoms with Gasteiger partial charge in [0.25, 0.3) is 5.91 Å². The molecule has 0 saturated carbocycles. The Bertz CT molecular complexity index is 659. The standard InChI is InChI=1S/C17H22N6O2/c24-17(19-5-6-23-7-9-25-10-8-23)15-12-22-16(13-20-15)21-11-14-1-3-18-4-2-14/h1-4,12-13H,5-11H2,(H,19,24)(H,21,22). The number of rotatable bonds is 7. The number of pyridine rings is 1. The molecule has 3 heterocycles. The summed E-state index contributed by atoms with van der Waals surface area (Å²) in [5, 5.41) is 6.03. The lowest BCUT2D eigenvalue weighted by Crippen LogP contribution is -2.41. The first-order chi connectivity index (χ1) is 12.3. The second-order valence-electron chi connectivity index (χ2n) is 5.71. The molecule has 1 aliphatic rings. The average molecular weight is 342 g/mol. The van der Waals surface area contributed by atoms with Gasteiger partial charge in [0.15, 0.2) is 0 Å². The first-order valence-electron chi connectivity index (χ1n) is 8.34. The zero-order valence-electron chi connectivity index (χ0n) is 14.0. The average Bonchev–Trinajstić information content (AvgIpc) is 2.68. The van der Waals surface area contributed by atoms with E-state index in [0.717, 1.165) is 38.4 Å². The minimum Gasteiger partial charge on any atom is -0.379 e. The Morgan fingerprint density at radius 3 is 2.68 bits per heavy atom. The van der Waals surface area contributed by atoms with Gasteiger partial charge in [-0.3, -0.25) is 14.7 Å². The molecule has 2 N–H and O–H groups in total. The lowest BCUT2D eigenvalue weighted by molar-refractivity contribution is 0.0383. The lowest BCUT2D eigenvalue weighted by atomic mass is 10.3. The first-order valence-corrected chi connectivity index (χ1v) is 8.34. The molecule has 0 radical (unpaired) electrons. The van der Waals surface area contributed by atoms with Gasteiger partial charge in [-0.2, -0.15) is 0 Å². The Morgan fingerprint density at radius 2 is 1.96 bits per heavy atom. The number of anilines is 1. The van der Waals surface area contributed by atoms with Crippen LogP contribution >= 0.6 is 0 Å². The molecule has 0 unspecified atom stereocenters. The van der Waals surface area contributed by atoms with Crippen LogP contribution in [0.4, 0.5) is 5.82 Å². The molecule has 25 heavy (non-hydrogen) atoms. The van der Waals surface area contributed by atoms with Gasteiger partial charge in [0.05, 0.1) is 25.6 Å². The number of hydrogen-bond donors (Lipinski definition) is 2. The minimum absolute atomic E-state index is 0.207. The molecule has 0 atom stereocenters. The van der Waals surface area contributed by atoms with Crippen molar-refractivity contribution in [1.29, 1.82) is 0 Å². The Hall–Kier alpha value is -2.58. The van der Waals surface area contributed by atoms with Crippen molar-refractivity contribution in [2.24, 2.45) is 0 Å². The maximum Gasteiger partial charge on any atom is 0.271 e. The van der Waals surface area contributed by atoms with Gasteiger partial charge in [0.1, 0.15) is 11.5 Å². The van der Waals surface area contributed by atoms with Gasteiger partial charge < -0.3 is 15.4 Å². The second kappa shape index (κ2) is 9.05. The summed E-state index contributed by atoms with van der Waals surface area (Å²) < 4.78 is 5.30. The zero-order chi connectivity index (χ0) is 17.3. The number of morpholine rings is 1. The quantitative estimate of drug-likeness (QED) is 0.759. The Kier molecular flexibility index (Phi) is 6.24. The van der Waals surface area contributed by atoms with E-state index in [0.29, 0.717) is 24.6 Å². The van der Waals surface area contributed by atoms with E-state index in [4.69, 9.17) is 4.74 Å². The van der Waals surface area contributed by atoms with Crippen molar-refractivity contribution in [2.45, 2.75) is 6.54 Å². The van der Waals surface area contributed by atoms with Crippen molar-refractivity contribution in [2.75, 3.05) is 44.7 Å². The van der Waals surface area contributed by atoms with E-state index < -0.39 is 0 Å². The Balaban J connectivity index is 1.42. The van der Waals surface area contributed by atoms with Crippen molar-refractivity contribution in [3.8, 4) is 0 Å². The molecule has 1 saturated heterocycles. The summed E-state index contributed by atoms with van der Waals surface area (Å²) in [4.78, 5) is 26.7. The number of nitrogens with one attached hydrogen (secondary N) is 2. The molecular weight excluding hydrogens is 320 g/mol. The van der Waals surface area contributed by atoms with E-state index in [9.17, 15) is 4.79 Å². The summed E-state index contributed by atoms with van der Waals surface area (Å²) in [6.45, 7) is 5.36. The largest absolute Gasteiger partial charge is 0.379 e. The fraction of sp³-hybridized carbons (Fsp3) is 0.412. The van der Waals surface area contributed by atoms with Crippen LogP contribution in [0.3, 0.4) is 0 Å². The summed E-state index contributed by atoms with van der Waals surface area (Å²) in [6.07, 6.45) is 6.54. The van der Waals surface area contributed by atoms with Gasteiger partial charge in [-0.05, 0) is 17.7 Å². The van der Waals surface area contributed by atoms with E-state index in [-0.39, 0.29) is 5.91 Å². The van der Waals surface area contributed by atoms with Crippen LogP contribution < -0.4 is 10.6 Å². The fourth-order valence-corrected chi connectivity index (χ4v) is 2.47. The molecule has 0 bridgehead atoms. The Labute approximate surface area is 146 Å². The van der Waals surface area contributed by atoms with E-state index in [1.807, 2.05) is 12.1 Å². The van der Waals surface area contributed by atoms with Crippen molar-refractivity contribution in [1.82, 2.24) is 25.2 Å². The van der Waals surface area contributed by atoms with Crippen LogP contribution in [0, 0.1) is 0 Å². The number of carbonyl (C=O) groups excluding carboxylic acids is 1. The number of ether oxygens (including phenoxy) is 1. The molecular formula is C17H22N6O2. The van der Waals surface area contributed by atoms with E-state index in [2.05, 4.69) is 30.5 Å². The molecule has 1 fully saturated rings. The molecule has 1 amide bonds. The summed E-state index contributed by atoms with van der Waals surface area (Å²) in [5.41, 5.74) is 1.41. The topological polar surface area (TPSA) is 92.3 Å². The van der Waals surface area contributed by atoms with Crippen LogP contribution in [-0.2, 0) is 11.3 Å². The van der Waals surface area contributed by atoms with E-state index in [1.54, 1.807) is 18.6 Å². The molecule has 132 valence electrons. The molecule has 3 rings (SSSR count). The molecule has 0 aromatic carbocycles. The lowest BCUT2D eigenvalue weighted by Gasteiger charge is -2.26. The maximum absolute atomic E-state index is 12.1. The molecule has 1 aliphatic heterocycles. The van der Waals surface area contributed by atoms with Gasteiger partial charge in [0, 0.05) is 45.1 Å². The van der Waals surface area contributed by atoms with E-state index in [1.165, 1.54) is 6.20 Å². The highest BCUT2D eigenvalue weighted by Crippen LogP contribution is 2.05. The second-order valence-corrected chi connectivity index (χ2v) is 5.71. The van der Waals surface area contributed by atoms with Gasteiger partial charge in [-0.1, -0.05) is 0 Å². The van der Waals surface area contributed by atoms with Crippen LogP contribution in [0.15, 0.2) is 36.9 Å². The van der Waals surface area contributed by atoms with Crippen molar-refractivity contribution < 1.29 is 9.53 Å². The highest BCUT2D eigenvalue weighted by atomic mass is 16.5. The Morgan fingerprint density at radius 1 is 1.16 bits per heavy atom. The number of amides is 1. The van der Waals surface area contributed by atoms with Crippen molar-refractivity contribution >= 4 is 11.7 Å². The summed E-state index contributed by atoms with van der Waals surface area (Å²) in [5.74, 6) is 0.420. The highest BCUT2D eigenvalue weighted by molar-refractivity contribution is 5.91. The zero-order valence-corrected chi connectivity index (χ0v) is 14.0. The smallest absolute Gasteiger partial charge is 0.271 e. The summed E-state index contributed by atoms with van der Waals surface area (Å²) in [6, 6.07) is 3.85. The number of hydrogen-bond acceptors (Lipinski definition) is 7. The van der Waals surface area contributed by atoms with Crippen LogP contribution in [0.5, 0.6) is 0 Å². The van der Waals surface area contributed by atoms with Crippen molar-refractivity contribution in [3.05, 3.63) is 48.2 Å². The number of carbonyl (C=O) groups is 1. The number of aromatic nitrogens is 3. The predicted molar refractivity (Wildman–Crippen MR) is 93.2 cm³/mol. The summed E-state index contributed by atoms with van der Waals surface area (Å²) in [7, 11) is 0. The van der Waals surface area contributed by atoms with Crippen LogP contribution in [0.2, 0.25) is 0 Å². The molecule has 8 nitrogen and oxygen atoms in total. The van der Waals surface area contributed by atoms with Gasteiger partial charge >= 0.3 is 0 Å². The predicted octanol–water partition coefficient (Wildman–Crippen LogP) is 0.546. The fourth-order valence-electron chi connectivity index (χ4n) is 2.47. The molecule has 2 aromatic heterocycles. The molecule has 2 aromatic rings. The SMILES string of the molecule is O=C(NCCN1CCOCC1)c1cnc(NCc2ccncc2)cn1. The third kappa shape index (κ3) is 5.47. The van der Waals surface area contributed by atoms with Gasteiger partial charge in [0.2, 0.25) is 0 Å². The molecule has 0 aliphatic carbocycles. The highest BCUT2D eigenvalue weighted by Gasteiger charge is 2.11. The van der Waals surface area contributed by atoms with Crippen LogP contribution in [0.1, 0.15) is 16.1 Å². The van der Waals surface area contributed by atoms with Gasteiger partial charge in [-0.25, -0.2) is 9.97 Å². The van der Waals surface area contributed by atoms with Crippen LogP contribution in [0.25, 0.3) is 0 Å². The summed E-state index contributed by atoms with van der Waals surface area (Å²) >= 11 is 0. The first kappa shape index (κ1) is 17.2. The molecule has 8 heteroatoms. The maximum atomic E-state index is 12.1. The third-order valence-electron chi connectivity index (χ3n) is 3.92. The normalized spacial score (nSPS) is 14.9. The number of nitrogens with zero attached hydrogens (tertiary/aromatic N) is 4. The van der Waals surface area contributed by atoms with Crippen LogP contribution in [-0.4, -0.2) is 65.2 Å². The van der Waals surface area contributed by atoms with Gasteiger partial charge in [-0.15, -0.1) is 0 Å².